The second-order valence-electron chi connectivity index (χ2n) is 8.09. The highest BCUT2D eigenvalue weighted by Crippen LogP contribution is 2.22. The number of nitrogens with zero attached hydrogens (tertiary/aromatic N) is 5. The number of aliphatic carboxylic acids is 2. The smallest absolute Gasteiger partial charge is 0.475 e. The monoisotopic (exact) mass is 608 g/mol. The molecule has 0 radical (unpaired) electrons. The van der Waals surface area contributed by atoms with Crippen molar-refractivity contribution in [2.75, 3.05) is 5.32 Å². The Morgan fingerprint density at radius 3 is 1.86 bits per heavy atom. The minimum Gasteiger partial charge on any atom is -0.475 e. The minimum atomic E-state index is -5.08. The summed E-state index contributed by atoms with van der Waals surface area (Å²) < 4.78 is 67.2. The van der Waals surface area contributed by atoms with E-state index in [1.807, 2.05) is 47.1 Å². The molecule has 5 heterocycles. The van der Waals surface area contributed by atoms with E-state index in [0.29, 0.717) is 11.4 Å². The van der Waals surface area contributed by atoms with E-state index in [4.69, 9.17) is 19.8 Å². The average Bonchev–Trinajstić information content (AvgIpc) is 3.61. The first kappa shape index (κ1) is 31.8. The summed E-state index contributed by atoms with van der Waals surface area (Å²) in [6.45, 7) is 0. The maximum Gasteiger partial charge on any atom is 0.490 e. The Balaban J connectivity index is 0.000000303. The van der Waals surface area contributed by atoms with Gasteiger partial charge in [0.15, 0.2) is 5.69 Å². The van der Waals surface area contributed by atoms with E-state index >= 15 is 0 Å². The van der Waals surface area contributed by atoms with Gasteiger partial charge >= 0.3 is 24.3 Å². The number of carbonyl (C=O) groups excluding carboxylic acids is 1. The van der Waals surface area contributed by atoms with Crippen molar-refractivity contribution in [3.8, 4) is 16.9 Å². The Morgan fingerprint density at radius 2 is 1.33 bits per heavy atom. The van der Waals surface area contributed by atoms with Crippen molar-refractivity contribution in [3.63, 3.8) is 0 Å². The summed E-state index contributed by atoms with van der Waals surface area (Å²) in [4.78, 5) is 38.5. The van der Waals surface area contributed by atoms with E-state index in [0.717, 1.165) is 22.5 Å². The fourth-order valence-corrected chi connectivity index (χ4v) is 3.18. The number of amides is 1. The van der Waals surface area contributed by atoms with E-state index in [1.165, 1.54) is 0 Å². The molecule has 5 rings (SSSR count). The molecule has 0 aliphatic rings. The highest BCUT2D eigenvalue weighted by molar-refractivity contribution is 6.02. The molecule has 0 bridgehead atoms. The summed E-state index contributed by atoms with van der Waals surface area (Å²) >= 11 is 0. The highest BCUT2D eigenvalue weighted by atomic mass is 19.4. The predicted octanol–water partition coefficient (Wildman–Crippen LogP) is 5.10. The fourth-order valence-electron chi connectivity index (χ4n) is 3.18. The van der Waals surface area contributed by atoms with Crippen molar-refractivity contribution in [1.29, 1.82) is 0 Å². The van der Waals surface area contributed by atoms with Crippen LogP contribution in [0.1, 0.15) is 10.5 Å². The molecule has 0 spiro atoms. The molecular formula is C26H18F6N6O5. The molecule has 224 valence electrons. The summed E-state index contributed by atoms with van der Waals surface area (Å²) in [5.41, 5.74) is 4.06. The van der Waals surface area contributed by atoms with Gasteiger partial charge in [0.05, 0.1) is 11.9 Å². The van der Waals surface area contributed by atoms with Crippen LogP contribution in [0.3, 0.4) is 0 Å². The third-order valence-corrected chi connectivity index (χ3v) is 5.09. The van der Waals surface area contributed by atoms with Crippen LogP contribution in [0.2, 0.25) is 0 Å². The molecule has 1 amide bonds. The Hall–Kier alpha value is -5.74. The molecule has 17 heteroatoms. The van der Waals surface area contributed by atoms with Crippen LogP contribution >= 0.6 is 0 Å². The number of carboxylic acids is 2. The first-order valence-electron chi connectivity index (χ1n) is 11.6. The van der Waals surface area contributed by atoms with Crippen molar-refractivity contribution in [2.24, 2.45) is 0 Å². The first-order valence-corrected chi connectivity index (χ1v) is 11.6. The van der Waals surface area contributed by atoms with Crippen LogP contribution in [-0.4, -0.2) is 64.6 Å². The van der Waals surface area contributed by atoms with E-state index in [1.54, 1.807) is 47.7 Å². The second-order valence-corrected chi connectivity index (χ2v) is 8.09. The molecule has 0 aromatic carbocycles. The summed E-state index contributed by atoms with van der Waals surface area (Å²) in [6, 6.07) is 17.3. The van der Waals surface area contributed by atoms with Crippen LogP contribution in [-0.2, 0) is 9.59 Å². The van der Waals surface area contributed by atoms with Gasteiger partial charge in [-0.25, -0.2) is 14.3 Å². The lowest BCUT2D eigenvalue weighted by molar-refractivity contribution is -0.193. The normalized spacial score (nSPS) is 11.0. The number of rotatable bonds is 4. The number of fused-ring (bicyclic) bond motifs is 1. The molecule has 43 heavy (non-hydrogen) atoms. The SMILES string of the molecule is O=C(Nc1cccnc1)c1ccn(-c2ccc3ccc(-c4cccnc4)cn23)n1.O=C(O)C(F)(F)F.O=C(O)C(F)(F)F. The van der Waals surface area contributed by atoms with Crippen molar-refractivity contribution in [1.82, 2.24) is 24.1 Å². The summed E-state index contributed by atoms with van der Waals surface area (Å²) in [7, 11) is 0. The zero-order valence-electron chi connectivity index (χ0n) is 21.3. The van der Waals surface area contributed by atoms with Crippen LogP contribution in [0.5, 0.6) is 0 Å². The number of alkyl halides is 6. The number of hydrogen-bond donors (Lipinski definition) is 3. The van der Waals surface area contributed by atoms with Gasteiger partial charge in [-0.3, -0.25) is 14.8 Å². The number of anilines is 1. The lowest BCUT2D eigenvalue weighted by Crippen LogP contribution is -2.21. The number of halogens is 6. The van der Waals surface area contributed by atoms with Crippen molar-refractivity contribution >= 4 is 29.0 Å². The van der Waals surface area contributed by atoms with Crippen LogP contribution in [0.4, 0.5) is 32.0 Å². The maximum absolute atomic E-state index is 12.5. The van der Waals surface area contributed by atoms with Crippen LogP contribution in [0.15, 0.2) is 91.8 Å². The lowest BCUT2D eigenvalue weighted by atomic mass is 10.1. The molecule has 5 aromatic heterocycles. The number of carboxylic acid groups (broad SMARTS) is 2. The standard InChI is InChI=1S/C22H16N6O.2C2HF3O2/c29-22(25-18-4-2-11-24-14-18)20-9-12-28(26-20)21-8-7-19-6-5-17(15-27(19)21)16-3-1-10-23-13-16;2*3-2(4,5)1(6)7/h1-15H,(H,25,29);2*(H,6,7). The summed E-state index contributed by atoms with van der Waals surface area (Å²) in [5, 5.41) is 21.5. The van der Waals surface area contributed by atoms with Gasteiger partial charge in [-0.15, -0.1) is 0 Å². The van der Waals surface area contributed by atoms with Gasteiger partial charge in [0.25, 0.3) is 5.91 Å². The van der Waals surface area contributed by atoms with Crippen LogP contribution in [0, 0.1) is 0 Å². The molecule has 0 fully saturated rings. The van der Waals surface area contributed by atoms with Gasteiger partial charge in [0.1, 0.15) is 5.82 Å². The van der Waals surface area contributed by atoms with E-state index in [2.05, 4.69) is 26.4 Å². The molecule has 0 aliphatic carbocycles. The van der Waals surface area contributed by atoms with Crippen molar-refractivity contribution < 1.29 is 50.9 Å². The zero-order valence-corrected chi connectivity index (χ0v) is 21.3. The Bertz CT molecular complexity index is 1680. The lowest BCUT2D eigenvalue weighted by Gasteiger charge is -2.07. The van der Waals surface area contributed by atoms with Crippen LogP contribution < -0.4 is 5.32 Å². The predicted molar refractivity (Wildman–Crippen MR) is 137 cm³/mol. The number of aromatic nitrogens is 5. The van der Waals surface area contributed by atoms with Gasteiger partial charge in [0.2, 0.25) is 0 Å². The van der Waals surface area contributed by atoms with Gasteiger partial charge < -0.3 is 19.9 Å². The topological polar surface area (TPSA) is 152 Å². The van der Waals surface area contributed by atoms with E-state index < -0.39 is 24.3 Å². The molecule has 0 saturated carbocycles. The Kier molecular flexibility index (Phi) is 9.82. The molecule has 0 atom stereocenters. The molecule has 3 N–H and O–H groups in total. The van der Waals surface area contributed by atoms with E-state index in [-0.39, 0.29) is 5.91 Å². The largest absolute Gasteiger partial charge is 0.490 e. The molecule has 0 saturated heterocycles. The fraction of sp³-hybridized carbons (Fsp3) is 0.0769. The summed E-state index contributed by atoms with van der Waals surface area (Å²) in [6.07, 6.45) is 0.483. The number of hydrogen-bond acceptors (Lipinski definition) is 6. The van der Waals surface area contributed by atoms with Crippen molar-refractivity contribution in [2.45, 2.75) is 12.4 Å². The second kappa shape index (κ2) is 13.3. The van der Waals surface area contributed by atoms with Gasteiger partial charge in [-0.1, -0.05) is 12.1 Å². The Morgan fingerprint density at radius 1 is 0.744 bits per heavy atom. The molecule has 0 aliphatic heterocycles. The maximum atomic E-state index is 12.5. The molecule has 11 nitrogen and oxygen atoms in total. The van der Waals surface area contributed by atoms with Crippen molar-refractivity contribution in [3.05, 3.63) is 97.5 Å². The highest BCUT2D eigenvalue weighted by Gasteiger charge is 2.38. The average molecular weight is 608 g/mol. The van der Waals surface area contributed by atoms with E-state index in [9.17, 15) is 31.1 Å². The van der Waals surface area contributed by atoms with Gasteiger partial charge in [0, 0.05) is 42.1 Å². The number of carbonyl (C=O) groups is 3. The van der Waals surface area contributed by atoms with Crippen LogP contribution in [0.25, 0.3) is 22.5 Å². The number of pyridine rings is 3. The number of nitrogens with one attached hydrogen (secondary N) is 1. The first-order chi connectivity index (χ1) is 20.2. The molecule has 0 unspecified atom stereocenters. The molecule has 5 aromatic rings. The van der Waals surface area contributed by atoms with Gasteiger partial charge in [-0.2, -0.15) is 31.4 Å². The summed E-state index contributed by atoms with van der Waals surface area (Å²) in [5.74, 6) is -4.96. The quantitative estimate of drug-likeness (QED) is 0.239. The Labute approximate surface area is 236 Å². The zero-order chi connectivity index (χ0) is 31.8. The third kappa shape index (κ3) is 8.87. The third-order valence-electron chi connectivity index (χ3n) is 5.09. The molecular weight excluding hydrogens is 590 g/mol. The van der Waals surface area contributed by atoms with Gasteiger partial charge in [-0.05, 0) is 48.0 Å². The minimum absolute atomic E-state index is 0.284.